The summed E-state index contributed by atoms with van der Waals surface area (Å²) in [5, 5.41) is 0. The summed E-state index contributed by atoms with van der Waals surface area (Å²) in [4.78, 5) is 2.52. The van der Waals surface area contributed by atoms with E-state index in [1.807, 2.05) is 12.2 Å². The smallest absolute Gasteiger partial charge is 0.0240 e. The van der Waals surface area contributed by atoms with Gasteiger partial charge in [-0.2, -0.15) is 0 Å². The number of benzene rings is 2. The monoisotopic (exact) mass is 291 g/mol. The molecule has 0 unspecified atom stereocenters. The van der Waals surface area contributed by atoms with Crippen LogP contribution in [0.5, 0.6) is 0 Å². The second-order valence-electron chi connectivity index (χ2n) is 5.58. The molecule has 0 saturated heterocycles. The molecule has 1 heteroatoms. The summed E-state index contributed by atoms with van der Waals surface area (Å²) >= 11 is 0. The molecule has 0 bridgehead atoms. The molecule has 0 aliphatic carbocycles. The first-order chi connectivity index (χ1) is 10.8. The third-order valence-electron chi connectivity index (χ3n) is 3.85. The Morgan fingerprint density at radius 1 is 0.727 bits per heavy atom. The molecule has 114 valence electrons. The third-order valence-corrected chi connectivity index (χ3v) is 3.85. The van der Waals surface area contributed by atoms with Gasteiger partial charge in [-0.1, -0.05) is 72.8 Å². The Hall–Kier alpha value is -2.12. The Labute approximate surface area is 134 Å². The maximum absolute atomic E-state index is 3.92. The zero-order chi connectivity index (χ0) is 15.6. The van der Waals surface area contributed by atoms with E-state index in [0.29, 0.717) is 6.04 Å². The van der Waals surface area contributed by atoms with E-state index in [4.69, 9.17) is 0 Å². The van der Waals surface area contributed by atoms with Crippen LogP contribution in [0.4, 0.5) is 0 Å². The van der Waals surface area contributed by atoms with Gasteiger partial charge in [0.25, 0.3) is 0 Å². The van der Waals surface area contributed by atoms with E-state index in [1.54, 1.807) is 0 Å². The van der Waals surface area contributed by atoms with Crippen LogP contribution in [0, 0.1) is 0 Å². The zero-order valence-corrected chi connectivity index (χ0v) is 13.2. The van der Waals surface area contributed by atoms with Gasteiger partial charge in [0.15, 0.2) is 0 Å². The molecule has 0 aliphatic heterocycles. The average Bonchev–Trinajstić information content (AvgIpc) is 2.56. The van der Waals surface area contributed by atoms with Crippen molar-refractivity contribution < 1.29 is 0 Å². The second-order valence-corrected chi connectivity index (χ2v) is 5.58. The van der Waals surface area contributed by atoms with Crippen molar-refractivity contribution in [2.24, 2.45) is 0 Å². The summed E-state index contributed by atoms with van der Waals surface area (Å²) in [5.74, 6) is 0. The normalized spacial score (nSPS) is 10.8. The lowest BCUT2D eigenvalue weighted by Crippen LogP contribution is -2.33. The Balaban J connectivity index is 2.18. The molecule has 0 atom stereocenters. The lowest BCUT2D eigenvalue weighted by molar-refractivity contribution is 0.179. The Morgan fingerprint density at radius 2 is 1.14 bits per heavy atom. The van der Waals surface area contributed by atoms with Crippen LogP contribution in [0.2, 0.25) is 0 Å². The van der Waals surface area contributed by atoms with Crippen molar-refractivity contribution in [2.45, 2.75) is 32.0 Å². The Kier molecular flexibility index (Phi) is 6.66. The van der Waals surface area contributed by atoms with Gasteiger partial charge in [0.2, 0.25) is 0 Å². The van der Waals surface area contributed by atoms with Crippen molar-refractivity contribution in [3.8, 4) is 0 Å². The molecule has 0 aromatic heterocycles. The predicted molar refractivity (Wildman–Crippen MR) is 95.5 cm³/mol. The molecule has 0 aliphatic rings. The first-order valence-electron chi connectivity index (χ1n) is 7.87. The number of hydrogen-bond acceptors (Lipinski definition) is 1. The van der Waals surface area contributed by atoms with Gasteiger partial charge in [0, 0.05) is 19.1 Å². The molecule has 2 rings (SSSR count). The molecule has 0 fully saturated rings. The van der Waals surface area contributed by atoms with Crippen LogP contribution >= 0.6 is 0 Å². The van der Waals surface area contributed by atoms with E-state index < -0.39 is 0 Å². The minimum absolute atomic E-state index is 0.440. The molecule has 0 N–H and O–H groups in total. The van der Waals surface area contributed by atoms with Gasteiger partial charge in [-0.25, -0.2) is 0 Å². The largest absolute Gasteiger partial charge is 0.291 e. The van der Waals surface area contributed by atoms with Crippen molar-refractivity contribution in [1.82, 2.24) is 4.90 Å². The molecular formula is C21H25N. The second kappa shape index (κ2) is 9.01. The molecule has 1 nitrogen and oxygen atoms in total. The summed E-state index contributed by atoms with van der Waals surface area (Å²) < 4.78 is 0. The van der Waals surface area contributed by atoms with E-state index in [9.17, 15) is 0 Å². The highest BCUT2D eigenvalue weighted by Crippen LogP contribution is 2.18. The fourth-order valence-corrected chi connectivity index (χ4v) is 2.73. The fourth-order valence-electron chi connectivity index (χ4n) is 2.73. The SMILES string of the molecule is C=CCC(CC=C)N(Cc1ccccc1)Cc1ccccc1. The molecule has 22 heavy (non-hydrogen) atoms. The minimum atomic E-state index is 0.440. The van der Waals surface area contributed by atoms with Gasteiger partial charge >= 0.3 is 0 Å². The van der Waals surface area contributed by atoms with Crippen LogP contribution in [-0.4, -0.2) is 10.9 Å². The summed E-state index contributed by atoms with van der Waals surface area (Å²) in [7, 11) is 0. The average molecular weight is 291 g/mol. The molecule has 0 heterocycles. The van der Waals surface area contributed by atoms with Crippen LogP contribution in [-0.2, 0) is 13.1 Å². The summed E-state index contributed by atoms with van der Waals surface area (Å²) in [6.45, 7) is 9.73. The summed E-state index contributed by atoms with van der Waals surface area (Å²) in [6, 6.07) is 21.7. The van der Waals surface area contributed by atoms with E-state index in [-0.39, 0.29) is 0 Å². The first kappa shape index (κ1) is 16.3. The molecule has 2 aromatic carbocycles. The van der Waals surface area contributed by atoms with Gasteiger partial charge in [-0.05, 0) is 24.0 Å². The van der Waals surface area contributed by atoms with Crippen LogP contribution in [0.15, 0.2) is 86.0 Å². The molecule has 0 spiro atoms. The molecular weight excluding hydrogens is 266 g/mol. The number of rotatable bonds is 9. The van der Waals surface area contributed by atoms with E-state index in [1.165, 1.54) is 11.1 Å². The van der Waals surface area contributed by atoms with Crippen LogP contribution < -0.4 is 0 Å². The highest BCUT2D eigenvalue weighted by atomic mass is 15.1. The summed E-state index contributed by atoms with van der Waals surface area (Å²) in [6.07, 6.45) is 5.98. The fraction of sp³-hybridized carbons (Fsp3) is 0.238. The quantitative estimate of drug-likeness (QED) is 0.573. The zero-order valence-electron chi connectivity index (χ0n) is 13.2. The van der Waals surface area contributed by atoms with Gasteiger partial charge in [0.1, 0.15) is 0 Å². The lowest BCUT2D eigenvalue weighted by Gasteiger charge is -2.31. The van der Waals surface area contributed by atoms with Crippen molar-refractivity contribution >= 4 is 0 Å². The maximum atomic E-state index is 3.92. The van der Waals surface area contributed by atoms with Crippen LogP contribution in [0.1, 0.15) is 24.0 Å². The maximum Gasteiger partial charge on any atom is 0.0240 e. The minimum Gasteiger partial charge on any atom is -0.291 e. The number of hydrogen-bond donors (Lipinski definition) is 0. The van der Waals surface area contributed by atoms with E-state index in [0.717, 1.165) is 25.9 Å². The molecule has 0 saturated carbocycles. The lowest BCUT2D eigenvalue weighted by atomic mass is 10.0. The molecule has 2 aromatic rings. The first-order valence-corrected chi connectivity index (χ1v) is 7.87. The van der Waals surface area contributed by atoms with Gasteiger partial charge in [-0.3, -0.25) is 4.90 Å². The van der Waals surface area contributed by atoms with Crippen LogP contribution in [0.3, 0.4) is 0 Å². The van der Waals surface area contributed by atoms with Gasteiger partial charge in [0.05, 0.1) is 0 Å². The van der Waals surface area contributed by atoms with E-state index in [2.05, 4.69) is 78.7 Å². The standard InChI is InChI=1S/C21H25N/c1-3-11-21(12-4-2)22(17-19-13-7-5-8-14-19)18-20-15-9-6-10-16-20/h3-10,13-16,21H,1-2,11-12,17-18H2. The highest BCUT2D eigenvalue weighted by molar-refractivity contribution is 5.17. The van der Waals surface area contributed by atoms with Crippen molar-refractivity contribution in [3.05, 3.63) is 97.1 Å². The van der Waals surface area contributed by atoms with Crippen molar-refractivity contribution in [2.75, 3.05) is 0 Å². The van der Waals surface area contributed by atoms with Crippen molar-refractivity contribution in [3.63, 3.8) is 0 Å². The van der Waals surface area contributed by atoms with E-state index >= 15 is 0 Å². The highest BCUT2D eigenvalue weighted by Gasteiger charge is 2.16. The third kappa shape index (κ3) is 5.01. The topological polar surface area (TPSA) is 3.24 Å². The van der Waals surface area contributed by atoms with Crippen molar-refractivity contribution in [1.29, 1.82) is 0 Å². The number of nitrogens with zero attached hydrogens (tertiary/aromatic N) is 1. The molecule has 0 amide bonds. The molecule has 0 radical (unpaired) electrons. The summed E-state index contributed by atoms with van der Waals surface area (Å²) in [5.41, 5.74) is 2.69. The van der Waals surface area contributed by atoms with Gasteiger partial charge < -0.3 is 0 Å². The Morgan fingerprint density at radius 3 is 1.50 bits per heavy atom. The Bertz CT molecular complexity index is 507. The van der Waals surface area contributed by atoms with Crippen LogP contribution in [0.25, 0.3) is 0 Å². The predicted octanol–water partition coefficient (Wildman–Crippen LogP) is 5.21. The van der Waals surface area contributed by atoms with Gasteiger partial charge in [-0.15, -0.1) is 13.2 Å².